The summed E-state index contributed by atoms with van der Waals surface area (Å²) in [5.74, 6) is 0. The van der Waals surface area contributed by atoms with Gasteiger partial charge in [-0.15, -0.1) is 0 Å². The molecule has 0 atom stereocenters. The van der Waals surface area contributed by atoms with Crippen molar-refractivity contribution in [3.8, 4) is 0 Å². The van der Waals surface area contributed by atoms with Gasteiger partial charge in [-0.2, -0.15) is 0 Å². The van der Waals surface area contributed by atoms with E-state index in [2.05, 4.69) is 4.72 Å². The summed E-state index contributed by atoms with van der Waals surface area (Å²) in [7, 11) is -0.916. The van der Waals surface area contributed by atoms with Crippen LogP contribution >= 0.6 is 0 Å². The van der Waals surface area contributed by atoms with Crippen LogP contribution in [0.2, 0.25) is 0 Å². The minimum absolute atomic E-state index is 0.136. The molecule has 118 valence electrons. The Morgan fingerprint density at radius 2 is 2.10 bits per heavy atom. The Morgan fingerprint density at radius 3 is 2.57 bits per heavy atom. The van der Waals surface area contributed by atoms with Crippen LogP contribution in [0, 0.1) is 10.1 Å². The van der Waals surface area contributed by atoms with Crippen LogP contribution in [0.3, 0.4) is 0 Å². The number of likely N-dealkylation sites (N-methyl/N-ethyl adjacent to an activating group) is 1. The van der Waals surface area contributed by atoms with E-state index in [1.807, 2.05) is 6.92 Å². The Kier molecular flexibility index (Phi) is 6.06. The van der Waals surface area contributed by atoms with E-state index in [0.717, 1.165) is 6.07 Å². The zero-order valence-corrected chi connectivity index (χ0v) is 13.0. The molecule has 1 aromatic carbocycles. The fourth-order valence-electron chi connectivity index (χ4n) is 1.85. The summed E-state index contributed by atoms with van der Waals surface area (Å²) in [6.07, 6.45) is 0. The van der Waals surface area contributed by atoms with Crippen molar-refractivity contribution in [2.24, 2.45) is 0 Å². The van der Waals surface area contributed by atoms with Gasteiger partial charge in [-0.3, -0.25) is 10.1 Å². The highest BCUT2D eigenvalue weighted by Crippen LogP contribution is 2.30. The monoisotopic (exact) mass is 317 g/mol. The number of hydrogen-bond acceptors (Lipinski definition) is 6. The summed E-state index contributed by atoms with van der Waals surface area (Å²) in [5, 5.41) is 11.2. The molecule has 1 aromatic rings. The highest BCUT2D eigenvalue weighted by atomic mass is 32.2. The molecular weight excluding hydrogens is 298 g/mol. The van der Waals surface area contributed by atoms with E-state index in [-0.39, 0.29) is 10.6 Å². The number of benzene rings is 1. The molecule has 0 spiro atoms. The molecule has 0 aliphatic rings. The number of nitrogens with zero attached hydrogens (tertiary/aromatic N) is 2. The second kappa shape index (κ2) is 7.34. The Labute approximate surface area is 123 Å². The average molecular weight is 317 g/mol. The molecule has 0 bridgehead atoms. The van der Waals surface area contributed by atoms with E-state index >= 15 is 0 Å². The molecule has 0 aromatic heterocycles. The number of nitro benzene ring substituents is 1. The van der Waals surface area contributed by atoms with Crippen molar-refractivity contribution >= 4 is 21.4 Å². The summed E-state index contributed by atoms with van der Waals surface area (Å²) >= 11 is 0. The molecule has 0 unspecified atom stereocenters. The van der Waals surface area contributed by atoms with Crippen molar-refractivity contribution in [3.63, 3.8) is 0 Å². The van der Waals surface area contributed by atoms with Gasteiger partial charge in [0, 0.05) is 26.3 Å². The van der Waals surface area contributed by atoms with Gasteiger partial charge in [0.1, 0.15) is 5.69 Å². The molecular formula is C12H19N3O5S. The largest absolute Gasteiger partial charge is 0.383 e. The van der Waals surface area contributed by atoms with E-state index in [4.69, 9.17) is 4.74 Å². The first-order valence-corrected chi connectivity index (χ1v) is 7.81. The van der Waals surface area contributed by atoms with Crippen molar-refractivity contribution in [3.05, 3.63) is 28.3 Å². The van der Waals surface area contributed by atoms with E-state index in [1.54, 1.807) is 12.0 Å². The number of rotatable bonds is 8. The van der Waals surface area contributed by atoms with Crippen LogP contribution in [0.4, 0.5) is 11.4 Å². The molecule has 0 saturated heterocycles. The molecule has 8 nitrogen and oxygen atoms in total. The third kappa shape index (κ3) is 4.13. The van der Waals surface area contributed by atoms with Crippen molar-refractivity contribution in [1.82, 2.24) is 4.72 Å². The van der Waals surface area contributed by atoms with Crippen LogP contribution < -0.4 is 9.62 Å². The SMILES string of the molecule is CCN(CCOC)c1ccc(S(=O)(=O)NC)cc1[N+](=O)[O-]. The standard InChI is InChI=1S/C12H19N3O5S/c1-4-14(7-8-20-3)11-6-5-10(21(18,19)13-2)9-12(11)15(16)17/h5-6,9,13H,4,7-8H2,1-3H3. The van der Waals surface area contributed by atoms with Gasteiger partial charge in [0.25, 0.3) is 5.69 Å². The molecule has 0 aliphatic heterocycles. The zero-order valence-electron chi connectivity index (χ0n) is 12.2. The van der Waals surface area contributed by atoms with Gasteiger partial charge in [0.2, 0.25) is 10.0 Å². The third-order valence-corrected chi connectivity index (χ3v) is 4.42. The summed E-state index contributed by atoms with van der Waals surface area (Å²) in [5.41, 5.74) is 0.124. The molecule has 9 heteroatoms. The first-order valence-electron chi connectivity index (χ1n) is 6.33. The van der Waals surface area contributed by atoms with E-state index < -0.39 is 14.9 Å². The minimum atomic E-state index is -3.72. The lowest BCUT2D eigenvalue weighted by molar-refractivity contribution is -0.384. The van der Waals surface area contributed by atoms with Gasteiger partial charge in [0.05, 0.1) is 16.4 Å². The lowest BCUT2D eigenvalue weighted by atomic mass is 10.2. The highest BCUT2D eigenvalue weighted by Gasteiger charge is 2.23. The normalized spacial score (nSPS) is 11.4. The van der Waals surface area contributed by atoms with E-state index in [9.17, 15) is 18.5 Å². The zero-order chi connectivity index (χ0) is 16.0. The van der Waals surface area contributed by atoms with Crippen molar-refractivity contribution in [2.75, 3.05) is 38.8 Å². The quantitative estimate of drug-likeness (QED) is 0.566. The topological polar surface area (TPSA) is 102 Å². The maximum Gasteiger partial charge on any atom is 0.293 e. The number of ether oxygens (including phenoxy) is 1. The summed E-state index contributed by atoms with van der Waals surface area (Å²) in [6.45, 7) is 3.30. The summed E-state index contributed by atoms with van der Waals surface area (Å²) in [6, 6.07) is 3.86. The number of methoxy groups -OCH3 is 1. The van der Waals surface area contributed by atoms with Gasteiger partial charge in [-0.05, 0) is 26.1 Å². The number of sulfonamides is 1. The smallest absolute Gasteiger partial charge is 0.293 e. The molecule has 0 heterocycles. The Hall–Kier alpha value is -1.71. The maximum absolute atomic E-state index is 11.7. The van der Waals surface area contributed by atoms with Gasteiger partial charge in [-0.1, -0.05) is 0 Å². The second-order valence-corrected chi connectivity index (χ2v) is 6.07. The van der Waals surface area contributed by atoms with Gasteiger partial charge in [0.15, 0.2) is 0 Å². The summed E-state index contributed by atoms with van der Waals surface area (Å²) in [4.78, 5) is 12.3. The van der Waals surface area contributed by atoms with Crippen LogP contribution in [-0.4, -0.2) is 47.2 Å². The molecule has 0 radical (unpaired) electrons. The molecule has 0 amide bonds. The van der Waals surface area contributed by atoms with Gasteiger partial charge in [-0.25, -0.2) is 13.1 Å². The average Bonchev–Trinajstić information content (AvgIpc) is 2.47. The van der Waals surface area contributed by atoms with Crippen molar-refractivity contribution in [1.29, 1.82) is 0 Å². The van der Waals surface area contributed by atoms with Crippen LogP contribution in [-0.2, 0) is 14.8 Å². The molecule has 21 heavy (non-hydrogen) atoms. The fraction of sp³-hybridized carbons (Fsp3) is 0.500. The number of anilines is 1. The Morgan fingerprint density at radius 1 is 1.43 bits per heavy atom. The second-order valence-electron chi connectivity index (χ2n) is 4.19. The minimum Gasteiger partial charge on any atom is -0.383 e. The Bertz CT molecular complexity index is 603. The molecule has 0 saturated carbocycles. The predicted octanol–water partition coefficient (Wildman–Crippen LogP) is 0.976. The van der Waals surface area contributed by atoms with Crippen LogP contribution in [0.25, 0.3) is 0 Å². The van der Waals surface area contributed by atoms with Gasteiger partial charge < -0.3 is 9.64 Å². The van der Waals surface area contributed by atoms with Crippen LogP contribution in [0.5, 0.6) is 0 Å². The first-order chi connectivity index (χ1) is 9.87. The van der Waals surface area contributed by atoms with Gasteiger partial charge >= 0.3 is 0 Å². The van der Waals surface area contributed by atoms with Crippen molar-refractivity contribution < 1.29 is 18.1 Å². The lowest BCUT2D eigenvalue weighted by Crippen LogP contribution is -2.27. The lowest BCUT2D eigenvalue weighted by Gasteiger charge is -2.22. The number of hydrogen-bond donors (Lipinski definition) is 1. The number of nitrogens with one attached hydrogen (secondary N) is 1. The molecule has 1 rings (SSSR count). The van der Waals surface area contributed by atoms with E-state index in [0.29, 0.717) is 25.4 Å². The first kappa shape index (κ1) is 17.3. The molecule has 0 aliphatic carbocycles. The van der Waals surface area contributed by atoms with E-state index in [1.165, 1.54) is 19.2 Å². The fourth-order valence-corrected chi connectivity index (χ4v) is 2.60. The maximum atomic E-state index is 11.7. The summed E-state index contributed by atoms with van der Waals surface area (Å²) < 4.78 is 30.6. The van der Waals surface area contributed by atoms with Crippen molar-refractivity contribution in [2.45, 2.75) is 11.8 Å². The molecule has 1 N–H and O–H groups in total. The third-order valence-electron chi connectivity index (χ3n) is 3.01. The van der Waals surface area contributed by atoms with Crippen LogP contribution in [0.1, 0.15) is 6.92 Å². The highest BCUT2D eigenvalue weighted by molar-refractivity contribution is 7.89. The molecule has 0 fully saturated rings. The van der Waals surface area contributed by atoms with Crippen LogP contribution in [0.15, 0.2) is 23.1 Å². The predicted molar refractivity (Wildman–Crippen MR) is 79.1 cm³/mol. The number of nitro groups is 1. The Balaban J connectivity index is 3.31.